The molecule has 0 saturated carbocycles. The van der Waals surface area contributed by atoms with Crippen LogP contribution in [0, 0.1) is 0 Å². The number of carboxylic acids is 2. The first-order chi connectivity index (χ1) is 7.54. The third-order valence-corrected chi connectivity index (χ3v) is 2.14. The molecule has 0 atom stereocenters. The number of methoxy groups -OCH3 is 1. The average Bonchev–Trinajstić information content (AvgIpc) is 2.25. The van der Waals surface area contributed by atoms with Crippen LogP contribution >= 0.6 is 0 Å². The van der Waals surface area contributed by atoms with Gasteiger partial charge >= 0.3 is 11.9 Å². The number of benzene rings is 1. The van der Waals surface area contributed by atoms with Crippen molar-refractivity contribution in [1.29, 1.82) is 0 Å². The summed E-state index contributed by atoms with van der Waals surface area (Å²) in [6.07, 6.45) is 0.307. The minimum absolute atomic E-state index is 0.0111. The predicted molar refractivity (Wildman–Crippen MR) is 55.9 cm³/mol. The van der Waals surface area contributed by atoms with E-state index in [1.807, 2.05) is 0 Å². The number of hydrogen-bond acceptors (Lipinski definition) is 3. The van der Waals surface area contributed by atoms with Gasteiger partial charge < -0.3 is 14.9 Å². The highest BCUT2D eigenvalue weighted by molar-refractivity contribution is 5.88. The Morgan fingerprint density at radius 1 is 1.31 bits per heavy atom. The van der Waals surface area contributed by atoms with Crippen LogP contribution in [0.1, 0.15) is 22.3 Å². The van der Waals surface area contributed by atoms with Crippen molar-refractivity contribution in [1.82, 2.24) is 0 Å². The molecule has 1 aromatic rings. The second-order valence-electron chi connectivity index (χ2n) is 3.23. The van der Waals surface area contributed by atoms with Gasteiger partial charge in [0.25, 0.3) is 0 Å². The molecule has 0 bridgehead atoms. The average molecular weight is 224 g/mol. The lowest BCUT2D eigenvalue weighted by molar-refractivity contribution is -0.136. The largest absolute Gasteiger partial charge is 0.496 e. The molecule has 0 radical (unpaired) electrons. The molecule has 0 spiro atoms. The predicted octanol–water partition coefficient (Wildman–Crippen LogP) is 1.41. The Bertz CT molecular complexity index is 411. The van der Waals surface area contributed by atoms with E-state index in [4.69, 9.17) is 14.9 Å². The number of aryl methyl sites for hydroxylation is 1. The Hall–Kier alpha value is -2.04. The Morgan fingerprint density at radius 2 is 2.00 bits per heavy atom. The van der Waals surface area contributed by atoms with E-state index < -0.39 is 11.9 Å². The molecule has 0 fully saturated rings. The van der Waals surface area contributed by atoms with Crippen molar-refractivity contribution in [2.24, 2.45) is 0 Å². The minimum Gasteiger partial charge on any atom is -0.496 e. The summed E-state index contributed by atoms with van der Waals surface area (Å²) >= 11 is 0. The number of carboxylic acid groups (broad SMARTS) is 2. The van der Waals surface area contributed by atoms with E-state index in [1.165, 1.54) is 19.2 Å². The molecule has 0 heterocycles. The summed E-state index contributed by atoms with van der Waals surface area (Å²) in [7, 11) is 1.42. The van der Waals surface area contributed by atoms with Crippen LogP contribution in [-0.4, -0.2) is 29.3 Å². The monoisotopic (exact) mass is 224 g/mol. The molecule has 0 aromatic heterocycles. The summed E-state index contributed by atoms with van der Waals surface area (Å²) in [4.78, 5) is 21.1. The fourth-order valence-corrected chi connectivity index (χ4v) is 1.33. The lowest BCUT2D eigenvalue weighted by Crippen LogP contribution is -2.02. The number of hydrogen-bond donors (Lipinski definition) is 2. The van der Waals surface area contributed by atoms with Gasteiger partial charge in [-0.1, -0.05) is 6.07 Å². The molecule has 0 saturated heterocycles. The summed E-state index contributed by atoms with van der Waals surface area (Å²) in [5.41, 5.74) is 0.811. The van der Waals surface area contributed by atoms with Gasteiger partial charge in [-0.3, -0.25) is 4.79 Å². The molecule has 5 heteroatoms. The summed E-state index contributed by atoms with van der Waals surface area (Å²) in [6.45, 7) is 0. The van der Waals surface area contributed by atoms with Gasteiger partial charge in [0.1, 0.15) is 5.75 Å². The number of carbonyl (C=O) groups is 2. The lowest BCUT2D eigenvalue weighted by Gasteiger charge is -2.08. The quantitative estimate of drug-likeness (QED) is 0.790. The SMILES string of the molecule is COc1cc(C(=O)O)ccc1CCC(=O)O. The number of rotatable bonds is 5. The van der Waals surface area contributed by atoms with Crippen LogP contribution in [0.15, 0.2) is 18.2 Å². The van der Waals surface area contributed by atoms with E-state index in [0.29, 0.717) is 17.7 Å². The minimum atomic E-state index is -1.04. The van der Waals surface area contributed by atoms with Gasteiger partial charge in [-0.05, 0) is 24.1 Å². The summed E-state index contributed by atoms with van der Waals surface area (Å²) < 4.78 is 5.01. The Kier molecular flexibility index (Phi) is 3.88. The molecular formula is C11H12O5. The highest BCUT2D eigenvalue weighted by Crippen LogP contribution is 2.21. The van der Waals surface area contributed by atoms with E-state index in [2.05, 4.69) is 0 Å². The van der Waals surface area contributed by atoms with E-state index in [0.717, 1.165) is 0 Å². The third kappa shape index (κ3) is 2.98. The number of aromatic carboxylic acids is 1. The van der Waals surface area contributed by atoms with Gasteiger partial charge in [-0.2, -0.15) is 0 Å². The topological polar surface area (TPSA) is 83.8 Å². The van der Waals surface area contributed by atoms with Gasteiger partial charge in [-0.25, -0.2) is 4.79 Å². The normalized spacial score (nSPS) is 9.81. The smallest absolute Gasteiger partial charge is 0.335 e. The van der Waals surface area contributed by atoms with Crippen molar-refractivity contribution in [3.8, 4) is 5.75 Å². The molecule has 0 aliphatic carbocycles. The Balaban J connectivity index is 2.93. The van der Waals surface area contributed by atoms with E-state index in [1.54, 1.807) is 6.07 Å². The fraction of sp³-hybridized carbons (Fsp3) is 0.273. The number of ether oxygens (including phenoxy) is 1. The highest BCUT2D eigenvalue weighted by Gasteiger charge is 2.09. The second-order valence-corrected chi connectivity index (χ2v) is 3.23. The first-order valence-electron chi connectivity index (χ1n) is 4.66. The van der Waals surface area contributed by atoms with Crippen LogP contribution in [0.3, 0.4) is 0 Å². The zero-order valence-corrected chi connectivity index (χ0v) is 8.77. The van der Waals surface area contributed by atoms with Gasteiger partial charge in [0.05, 0.1) is 12.7 Å². The van der Waals surface area contributed by atoms with E-state index >= 15 is 0 Å². The first-order valence-corrected chi connectivity index (χ1v) is 4.66. The first kappa shape index (κ1) is 12.0. The zero-order chi connectivity index (χ0) is 12.1. The van der Waals surface area contributed by atoms with Crippen molar-refractivity contribution in [3.63, 3.8) is 0 Å². The second kappa shape index (κ2) is 5.16. The summed E-state index contributed by atoms with van der Waals surface area (Å²) in [5.74, 6) is -1.53. The molecule has 0 unspecified atom stereocenters. The van der Waals surface area contributed by atoms with Crippen LogP contribution in [0.2, 0.25) is 0 Å². The molecule has 0 aliphatic rings. The molecule has 1 rings (SSSR count). The van der Waals surface area contributed by atoms with Crippen molar-refractivity contribution in [3.05, 3.63) is 29.3 Å². The van der Waals surface area contributed by atoms with Gasteiger partial charge in [-0.15, -0.1) is 0 Å². The highest BCUT2D eigenvalue weighted by atomic mass is 16.5. The van der Waals surface area contributed by atoms with Crippen LogP contribution < -0.4 is 4.74 Å². The molecular weight excluding hydrogens is 212 g/mol. The van der Waals surface area contributed by atoms with Crippen molar-refractivity contribution >= 4 is 11.9 Å². The molecule has 16 heavy (non-hydrogen) atoms. The molecule has 0 aliphatic heterocycles. The van der Waals surface area contributed by atoms with Gasteiger partial charge in [0.15, 0.2) is 0 Å². The standard InChI is InChI=1S/C11H12O5/c1-16-9-6-8(11(14)15)3-2-7(9)4-5-10(12)13/h2-3,6H,4-5H2,1H3,(H,12,13)(H,14,15). The molecule has 5 nitrogen and oxygen atoms in total. The molecule has 86 valence electrons. The van der Waals surface area contributed by atoms with Gasteiger partial charge in [0, 0.05) is 6.42 Å². The number of aliphatic carboxylic acids is 1. The zero-order valence-electron chi connectivity index (χ0n) is 8.77. The van der Waals surface area contributed by atoms with Crippen LogP contribution in [-0.2, 0) is 11.2 Å². The molecule has 2 N–H and O–H groups in total. The van der Waals surface area contributed by atoms with E-state index in [-0.39, 0.29) is 12.0 Å². The molecule has 1 aromatic carbocycles. The Labute approximate surface area is 92.3 Å². The fourth-order valence-electron chi connectivity index (χ4n) is 1.33. The van der Waals surface area contributed by atoms with Crippen molar-refractivity contribution in [2.45, 2.75) is 12.8 Å². The summed E-state index contributed by atoms with van der Waals surface area (Å²) in [5, 5.41) is 17.3. The third-order valence-electron chi connectivity index (χ3n) is 2.14. The maximum atomic E-state index is 10.7. The van der Waals surface area contributed by atoms with Crippen LogP contribution in [0.25, 0.3) is 0 Å². The lowest BCUT2D eigenvalue weighted by atomic mass is 10.1. The molecule has 0 amide bonds. The van der Waals surface area contributed by atoms with Crippen LogP contribution in [0.5, 0.6) is 5.75 Å². The van der Waals surface area contributed by atoms with Crippen molar-refractivity contribution in [2.75, 3.05) is 7.11 Å². The van der Waals surface area contributed by atoms with Crippen LogP contribution in [0.4, 0.5) is 0 Å². The van der Waals surface area contributed by atoms with Crippen molar-refractivity contribution < 1.29 is 24.5 Å². The maximum Gasteiger partial charge on any atom is 0.335 e. The Morgan fingerprint density at radius 3 is 2.50 bits per heavy atom. The van der Waals surface area contributed by atoms with Gasteiger partial charge in [0.2, 0.25) is 0 Å². The van der Waals surface area contributed by atoms with E-state index in [9.17, 15) is 9.59 Å². The summed E-state index contributed by atoms with van der Waals surface area (Å²) in [6, 6.07) is 4.40. The maximum absolute atomic E-state index is 10.7.